The number of hydrogen-bond acceptors (Lipinski definition) is 3. The highest BCUT2D eigenvalue weighted by molar-refractivity contribution is 5.79. The summed E-state index contributed by atoms with van der Waals surface area (Å²) in [6.07, 6.45) is -3.06. The van der Waals surface area contributed by atoms with Gasteiger partial charge in [-0.3, -0.25) is 14.9 Å². The molecule has 7 heteroatoms. The van der Waals surface area contributed by atoms with E-state index in [1.165, 1.54) is 24.3 Å². The second kappa shape index (κ2) is 5.15. The summed E-state index contributed by atoms with van der Waals surface area (Å²) in [5.74, 6) is -1.36. The van der Waals surface area contributed by atoms with E-state index in [0.29, 0.717) is 5.56 Å². The second-order valence-electron chi connectivity index (χ2n) is 2.94. The highest BCUT2D eigenvalue weighted by Crippen LogP contribution is 2.11. The standard InChI is InChI=1S/C9H8F2N2O3/c10-8(11)9(14)12-5-6-1-3-7(4-2-6)13(15)16/h1-4,8H,5H2,(H,12,14). The minimum absolute atomic E-state index is 0.0822. The molecule has 0 radical (unpaired) electrons. The number of hydrogen-bond donors (Lipinski definition) is 1. The molecule has 0 bridgehead atoms. The Morgan fingerprint density at radius 3 is 2.38 bits per heavy atom. The Bertz CT molecular complexity index is 392. The Hall–Kier alpha value is -2.05. The minimum atomic E-state index is -3.06. The van der Waals surface area contributed by atoms with Crippen LogP contribution in [0, 0.1) is 10.1 Å². The van der Waals surface area contributed by atoms with Crippen molar-refractivity contribution in [1.29, 1.82) is 0 Å². The molecule has 0 fully saturated rings. The predicted octanol–water partition coefficient (Wildman–Crippen LogP) is 1.48. The average molecular weight is 230 g/mol. The van der Waals surface area contributed by atoms with Gasteiger partial charge in [-0.15, -0.1) is 0 Å². The van der Waals surface area contributed by atoms with E-state index >= 15 is 0 Å². The van der Waals surface area contributed by atoms with Gasteiger partial charge in [-0.05, 0) is 5.56 Å². The molecule has 1 aromatic carbocycles. The van der Waals surface area contributed by atoms with Gasteiger partial charge in [0.05, 0.1) is 4.92 Å². The Kier molecular flexibility index (Phi) is 3.87. The first-order valence-electron chi connectivity index (χ1n) is 4.30. The summed E-state index contributed by atoms with van der Waals surface area (Å²) in [5.41, 5.74) is 0.420. The molecule has 5 nitrogen and oxygen atoms in total. The molecule has 1 N–H and O–H groups in total. The molecule has 1 aromatic rings. The molecule has 0 aliphatic carbocycles. The number of nitro groups is 1. The number of carbonyl (C=O) groups is 1. The topological polar surface area (TPSA) is 72.2 Å². The molecule has 1 rings (SSSR count). The highest BCUT2D eigenvalue weighted by Gasteiger charge is 2.14. The molecule has 16 heavy (non-hydrogen) atoms. The van der Waals surface area contributed by atoms with E-state index in [1.54, 1.807) is 0 Å². The second-order valence-corrected chi connectivity index (χ2v) is 2.94. The maximum atomic E-state index is 11.8. The molecule has 0 aliphatic rings. The van der Waals surface area contributed by atoms with Gasteiger partial charge in [-0.2, -0.15) is 8.78 Å². The van der Waals surface area contributed by atoms with Gasteiger partial charge < -0.3 is 5.32 Å². The molecule has 0 heterocycles. The third kappa shape index (κ3) is 3.26. The van der Waals surface area contributed by atoms with Crippen LogP contribution in [0.1, 0.15) is 5.56 Å². The largest absolute Gasteiger partial charge is 0.347 e. The molecular weight excluding hydrogens is 222 g/mol. The number of halogens is 2. The molecular formula is C9H8F2N2O3. The fourth-order valence-corrected chi connectivity index (χ4v) is 1.00. The number of nitrogens with one attached hydrogen (secondary N) is 1. The summed E-state index contributed by atoms with van der Waals surface area (Å²) in [7, 11) is 0. The first kappa shape index (κ1) is 12.0. The summed E-state index contributed by atoms with van der Waals surface area (Å²) in [5, 5.41) is 12.3. The fraction of sp³-hybridized carbons (Fsp3) is 0.222. The van der Waals surface area contributed by atoms with Crippen molar-refractivity contribution in [1.82, 2.24) is 5.32 Å². The molecule has 0 unspecified atom stereocenters. The molecule has 0 saturated carbocycles. The van der Waals surface area contributed by atoms with Crippen molar-refractivity contribution in [2.24, 2.45) is 0 Å². The van der Waals surface area contributed by atoms with Gasteiger partial charge in [0.25, 0.3) is 11.6 Å². The third-order valence-corrected chi connectivity index (χ3v) is 1.81. The van der Waals surface area contributed by atoms with Crippen molar-refractivity contribution >= 4 is 11.6 Å². The number of carbonyl (C=O) groups excluding carboxylic acids is 1. The lowest BCUT2D eigenvalue weighted by Gasteiger charge is -2.03. The van der Waals surface area contributed by atoms with Gasteiger partial charge in [0.2, 0.25) is 0 Å². The number of alkyl halides is 2. The summed E-state index contributed by atoms with van der Waals surface area (Å²) in [4.78, 5) is 20.3. The van der Waals surface area contributed by atoms with Crippen molar-refractivity contribution in [2.75, 3.05) is 0 Å². The zero-order valence-corrected chi connectivity index (χ0v) is 8.02. The number of nitro benzene ring substituents is 1. The Labute approximate surface area is 89.2 Å². The van der Waals surface area contributed by atoms with E-state index in [2.05, 4.69) is 0 Å². The van der Waals surface area contributed by atoms with E-state index in [4.69, 9.17) is 0 Å². The summed E-state index contributed by atoms with van der Waals surface area (Å²) in [6, 6.07) is 5.27. The zero-order valence-electron chi connectivity index (χ0n) is 8.02. The number of nitrogens with zero attached hydrogens (tertiary/aromatic N) is 1. The Morgan fingerprint density at radius 1 is 1.38 bits per heavy atom. The first-order valence-corrected chi connectivity index (χ1v) is 4.30. The SMILES string of the molecule is O=C(NCc1ccc([N+](=O)[O-])cc1)C(F)F. The summed E-state index contributed by atoms with van der Waals surface area (Å²) in [6.45, 7) is -0.0822. The van der Waals surface area contributed by atoms with Crippen LogP contribution in [0.3, 0.4) is 0 Å². The third-order valence-electron chi connectivity index (χ3n) is 1.81. The minimum Gasteiger partial charge on any atom is -0.347 e. The van der Waals surface area contributed by atoms with Gasteiger partial charge in [0.1, 0.15) is 0 Å². The number of benzene rings is 1. The van der Waals surface area contributed by atoms with Gasteiger partial charge in [-0.1, -0.05) is 12.1 Å². The highest BCUT2D eigenvalue weighted by atomic mass is 19.3. The lowest BCUT2D eigenvalue weighted by Crippen LogP contribution is -2.28. The van der Waals surface area contributed by atoms with Crippen molar-refractivity contribution < 1.29 is 18.5 Å². The van der Waals surface area contributed by atoms with Crippen LogP contribution in [0.5, 0.6) is 0 Å². The van der Waals surface area contributed by atoms with Crippen LogP contribution in [0.4, 0.5) is 14.5 Å². The van der Waals surface area contributed by atoms with Crippen molar-refractivity contribution in [3.8, 4) is 0 Å². The van der Waals surface area contributed by atoms with Crippen LogP contribution in [0.25, 0.3) is 0 Å². The van der Waals surface area contributed by atoms with Gasteiger partial charge in [0.15, 0.2) is 0 Å². The quantitative estimate of drug-likeness (QED) is 0.628. The molecule has 0 aromatic heterocycles. The fourth-order valence-electron chi connectivity index (χ4n) is 1.00. The predicted molar refractivity (Wildman–Crippen MR) is 50.9 cm³/mol. The first-order chi connectivity index (χ1) is 7.50. The van der Waals surface area contributed by atoms with E-state index in [-0.39, 0.29) is 12.2 Å². The Morgan fingerprint density at radius 2 is 1.94 bits per heavy atom. The van der Waals surface area contributed by atoms with E-state index in [1.807, 2.05) is 5.32 Å². The zero-order chi connectivity index (χ0) is 12.1. The summed E-state index contributed by atoms with van der Waals surface area (Å²) < 4.78 is 23.6. The van der Waals surface area contributed by atoms with Gasteiger partial charge >= 0.3 is 6.43 Å². The molecule has 0 atom stereocenters. The Balaban J connectivity index is 2.56. The van der Waals surface area contributed by atoms with E-state index in [9.17, 15) is 23.7 Å². The lowest BCUT2D eigenvalue weighted by molar-refractivity contribution is -0.384. The van der Waals surface area contributed by atoms with E-state index < -0.39 is 17.3 Å². The number of amides is 1. The monoisotopic (exact) mass is 230 g/mol. The molecule has 0 aliphatic heterocycles. The van der Waals surface area contributed by atoms with Crippen molar-refractivity contribution in [3.05, 3.63) is 39.9 Å². The van der Waals surface area contributed by atoms with E-state index in [0.717, 1.165) is 0 Å². The lowest BCUT2D eigenvalue weighted by atomic mass is 10.2. The smallest absolute Gasteiger partial charge is 0.315 e. The van der Waals surface area contributed by atoms with Crippen LogP contribution in [-0.2, 0) is 11.3 Å². The van der Waals surface area contributed by atoms with Crippen LogP contribution in [0.2, 0.25) is 0 Å². The molecule has 0 saturated heterocycles. The van der Waals surface area contributed by atoms with Crippen molar-refractivity contribution in [2.45, 2.75) is 13.0 Å². The van der Waals surface area contributed by atoms with Crippen LogP contribution in [0.15, 0.2) is 24.3 Å². The summed E-state index contributed by atoms with van der Waals surface area (Å²) >= 11 is 0. The molecule has 86 valence electrons. The average Bonchev–Trinajstić information content (AvgIpc) is 2.26. The maximum absolute atomic E-state index is 11.8. The molecule has 1 amide bonds. The van der Waals surface area contributed by atoms with Crippen LogP contribution in [-0.4, -0.2) is 17.3 Å². The maximum Gasteiger partial charge on any atom is 0.315 e. The van der Waals surface area contributed by atoms with Gasteiger partial charge in [0, 0.05) is 18.7 Å². The van der Waals surface area contributed by atoms with Crippen LogP contribution < -0.4 is 5.32 Å². The molecule has 0 spiro atoms. The number of rotatable bonds is 4. The number of non-ortho nitro benzene ring substituents is 1. The van der Waals surface area contributed by atoms with Crippen molar-refractivity contribution in [3.63, 3.8) is 0 Å². The normalized spacial score (nSPS) is 10.2. The van der Waals surface area contributed by atoms with Crippen LogP contribution >= 0.6 is 0 Å². The van der Waals surface area contributed by atoms with Gasteiger partial charge in [-0.25, -0.2) is 0 Å².